The SMILES string of the molecule is CC(C)CCOCCS(=O)c1ccncc1N. The molecule has 0 bridgehead atoms. The standard InChI is InChI=1S/C12H20N2O2S/c1-10(2)4-6-16-7-8-17(15)12-3-5-14-9-11(12)13/h3,5,9-10H,4,6-8,13H2,1-2H3. The Morgan fingerprint density at radius 2 is 2.24 bits per heavy atom. The highest BCUT2D eigenvalue weighted by molar-refractivity contribution is 7.85. The summed E-state index contributed by atoms with van der Waals surface area (Å²) >= 11 is 0. The van der Waals surface area contributed by atoms with E-state index in [1.807, 2.05) is 0 Å². The minimum absolute atomic E-state index is 0.478. The van der Waals surface area contributed by atoms with Crippen molar-refractivity contribution in [3.05, 3.63) is 18.5 Å². The van der Waals surface area contributed by atoms with Crippen LogP contribution in [0.25, 0.3) is 0 Å². The van der Waals surface area contributed by atoms with Crippen molar-refractivity contribution >= 4 is 16.5 Å². The molecule has 0 aliphatic carbocycles. The maximum absolute atomic E-state index is 11.9. The lowest BCUT2D eigenvalue weighted by atomic mass is 10.1. The summed E-state index contributed by atoms with van der Waals surface area (Å²) in [6.45, 7) is 5.53. The molecular formula is C12H20N2O2S. The normalized spacial score (nSPS) is 12.9. The number of pyridine rings is 1. The molecule has 5 heteroatoms. The van der Waals surface area contributed by atoms with Gasteiger partial charge in [0.25, 0.3) is 0 Å². The zero-order chi connectivity index (χ0) is 12.7. The van der Waals surface area contributed by atoms with Crippen molar-refractivity contribution < 1.29 is 8.95 Å². The molecule has 1 atom stereocenters. The first kappa shape index (κ1) is 14.1. The average molecular weight is 256 g/mol. The van der Waals surface area contributed by atoms with Gasteiger partial charge in [0.1, 0.15) is 0 Å². The minimum Gasteiger partial charge on any atom is -0.396 e. The molecule has 0 spiro atoms. The third-order valence-corrected chi connectivity index (χ3v) is 3.71. The molecule has 1 heterocycles. The van der Waals surface area contributed by atoms with Crippen molar-refractivity contribution in [3.63, 3.8) is 0 Å². The van der Waals surface area contributed by atoms with Gasteiger partial charge >= 0.3 is 0 Å². The number of hydrogen-bond acceptors (Lipinski definition) is 4. The van der Waals surface area contributed by atoms with E-state index in [9.17, 15) is 4.21 Å². The van der Waals surface area contributed by atoms with E-state index in [2.05, 4.69) is 18.8 Å². The van der Waals surface area contributed by atoms with Crippen molar-refractivity contribution in [1.29, 1.82) is 0 Å². The number of nitrogens with zero attached hydrogens (tertiary/aromatic N) is 1. The molecule has 4 nitrogen and oxygen atoms in total. The van der Waals surface area contributed by atoms with Crippen LogP contribution >= 0.6 is 0 Å². The van der Waals surface area contributed by atoms with E-state index in [-0.39, 0.29) is 0 Å². The van der Waals surface area contributed by atoms with E-state index in [1.165, 1.54) is 6.20 Å². The van der Waals surface area contributed by atoms with Gasteiger partial charge < -0.3 is 10.5 Å². The number of nitrogens with two attached hydrogens (primary N) is 1. The molecule has 0 aromatic carbocycles. The minimum atomic E-state index is -1.10. The third-order valence-electron chi connectivity index (χ3n) is 2.31. The number of nitrogen functional groups attached to an aromatic ring is 1. The number of hydrogen-bond donors (Lipinski definition) is 1. The van der Waals surface area contributed by atoms with Gasteiger partial charge in [-0.3, -0.25) is 9.19 Å². The summed E-state index contributed by atoms with van der Waals surface area (Å²) in [5.41, 5.74) is 6.17. The van der Waals surface area contributed by atoms with Crippen LogP contribution < -0.4 is 5.73 Å². The van der Waals surface area contributed by atoms with E-state index < -0.39 is 10.8 Å². The maximum Gasteiger partial charge on any atom is 0.0664 e. The van der Waals surface area contributed by atoms with Gasteiger partial charge in [-0.2, -0.15) is 0 Å². The summed E-state index contributed by atoms with van der Waals surface area (Å²) in [6.07, 6.45) is 4.15. The molecule has 0 aliphatic heterocycles. The second-order valence-corrected chi connectivity index (χ2v) is 5.80. The average Bonchev–Trinajstić information content (AvgIpc) is 2.28. The lowest BCUT2D eigenvalue weighted by Crippen LogP contribution is -2.09. The lowest BCUT2D eigenvalue weighted by molar-refractivity contribution is 0.138. The predicted octanol–water partition coefficient (Wildman–Crippen LogP) is 1.83. The summed E-state index contributed by atoms with van der Waals surface area (Å²) in [7, 11) is -1.10. The van der Waals surface area contributed by atoms with Gasteiger partial charge in [-0.05, 0) is 18.4 Å². The van der Waals surface area contributed by atoms with Gasteiger partial charge in [0, 0.05) is 12.8 Å². The molecule has 0 saturated heterocycles. The van der Waals surface area contributed by atoms with Gasteiger partial charge in [-0.1, -0.05) is 13.8 Å². The Morgan fingerprint density at radius 1 is 1.47 bits per heavy atom. The Hall–Kier alpha value is -0.940. The highest BCUT2D eigenvalue weighted by atomic mass is 32.2. The van der Waals surface area contributed by atoms with Crippen LogP contribution in [0.15, 0.2) is 23.4 Å². The zero-order valence-corrected chi connectivity index (χ0v) is 11.2. The molecule has 0 radical (unpaired) electrons. The summed E-state index contributed by atoms with van der Waals surface area (Å²) in [6, 6.07) is 1.69. The van der Waals surface area contributed by atoms with Crippen LogP contribution in [0.1, 0.15) is 20.3 Å². The first-order valence-corrected chi connectivity index (χ1v) is 7.08. The van der Waals surface area contributed by atoms with Crippen LogP contribution in [0.2, 0.25) is 0 Å². The second-order valence-electron chi connectivity index (χ2n) is 4.26. The predicted molar refractivity (Wildman–Crippen MR) is 70.2 cm³/mol. The van der Waals surface area contributed by atoms with E-state index in [0.717, 1.165) is 13.0 Å². The van der Waals surface area contributed by atoms with Gasteiger partial charge in [-0.25, -0.2) is 0 Å². The Kier molecular flexibility index (Phi) is 6.15. The quantitative estimate of drug-likeness (QED) is 0.756. The summed E-state index contributed by atoms with van der Waals surface area (Å²) in [5.74, 6) is 1.11. The molecule has 17 heavy (non-hydrogen) atoms. The Balaban J connectivity index is 2.29. The first-order chi connectivity index (χ1) is 8.11. The molecule has 1 aromatic rings. The zero-order valence-electron chi connectivity index (χ0n) is 10.4. The molecule has 0 amide bonds. The van der Waals surface area contributed by atoms with Crippen molar-refractivity contribution in [1.82, 2.24) is 4.98 Å². The third kappa shape index (κ3) is 5.28. The molecule has 0 saturated carbocycles. The highest BCUT2D eigenvalue weighted by Crippen LogP contribution is 2.13. The molecule has 1 aromatic heterocycles. The van der Waals surface area contributed by atoms with Crippen LogP contribution in [0.3, 0.4) is 0 Å². The van der Waals surface area contributed by atoms with E-state index >= 15 is 0 Å². The summed E-state index contributed by atoms with van der Waals surface area (Å²) in [5, 5.41) is 0. The Morgan fingerprint density at radius 3 is 2.88 bits per heavy atom. The number of ether oxygens (including phenoxy) is 1. The molecular weight excluding hydrogens is 236 g/mol. The first-order valence-electron chi connectivity index (χ1n) is 5.77. The molecule has 96 valence electrons. The summed E-state index contributed by atoms with van der Waals surface area (Å²) in [4.78, 5) is 4.51. The van der Waals surface area contributed by atoms with Crippen LogP contribution in [0.4, 0.5) is 5.69 Å². The van der Waals surface area contributed by atoms with Gasteiger partial charge in [0.2, 0.25) is 0 Å². The van der Waals surface area contributed by atoms with Gasteiger partial charge in [0.15, 0.2) is 0 Å². The molecule has 1 unspecified atom stereocenters. The fraction of sp³-hybridized carbons (Fsp3) is 0.583. The van der Waals surface area contributed by atoms with E-state index in [0.29, 0.717) is 28.9 Å². The summed E-state index contributed by atoms with van der Waals surface area (Å²) < 4.78 is 17.3. The molecule has 0 fully saturated rings. The van der Waals surface area contributed by atoms with E-state index in [4.69, 9.17) is 10.5 Å². The van der Waals surface area contributed by atoms with Crippen molar-refractivity contribution in [2.75, 3.05) is 24.7 Å². The Bertz CT molecular complexity index is 369. The largest absolute Gasteiger partial charge is 0.396 e. The topological polar surface area (TPSA) is 65.2 Å². The maximum atomic E-state index is 11.9. The van der Waals surface area contributed by atoms with Crippen LogP contribution in [0, 0.1) is 5.92 Å². The van der Waals surface area contributed by atoms with Crippen molar-refractivity contribution in [2.24, 2.45) is 5.92 Å². The van der Waals surface area contributed by atoms with Crippen molar-refractivity contribution in [3.8, 4) is 0 Å². The number of aromatic nitrogens is 1. The molecule has 2 N–H and O–H groups in total. The lowest BCUT2D eigenvalue weighted by Gasteiger charge is -2.07. The van der Waals surface area contributed by atoms with Crippen LogP contribution in [0.5, 0.6) is 0 Å². The van der Waals surface area contributed by atoms with Crippen molar-refractivity contribution in [2.45, 2.75) is 25.2 Å². The number of anilines is 1. The van der Waals surface area contributed by atoms with Crippen LogP contribution in [-0.4, -0.2) is 28.2 Å². The Labute approximate surface area is 105 Å². The smallest absolute Gasteiger partial charge is 0.0664 e. The fourth-order valence-electron chi connectivity index (χ4n) is 1.27. The molecule has 0 aliphatic rings. The molecule has 1 rings (SSSR count). The van der Waals surface area contributed by atoms with Gasteiger partial charge in [-0.15, -0.1) is 0 Å². The monoisotopic (exact) mass is 256 g/mol. The van der Waals surface area contributed by atoms with Gasteiger partial charge in [0.05, 0.1) is 39.9 Å². The van der Waals surface area contributed by atoms with Crippen LogP contribution in [-0.2, 0) is 15.5 Å². The fourth-order valence-corrected chi connectivity index (χ4v) is 2.28. The highest BCUT2D eigenvalue weighted by Gasteiger charge is 2.07. The number of rotatable bonds is 7. The van der Waals surface area contributed by atoms with E-state index in [1.54, 1.807) is 12.3 Å². The second kappa shape index (κ2) is 7.40.